The van der Waals surface area contributed by atoms with Gasteiger partial charge in [-0.3, -0.25) is 9.59 Å². The van der Waals surface area contributed by atoms with Gasteiger partial charge in [-0.2, -0.15) is 0 Å². The van der Waals surface area contributed by atoms with E-state index in [0.717, 1.165) is 43.6 Å². The van der Waals surface area contributed by atoms with Crippen molar-refractivity contribution >= 4 is 11.8 Å². The molecule has 0 aromatic heterocycles. The second kappa shape index (κ2) is 6.08. The van der Waals surface area contributed by atoms with E-state index in [0.29, 0.717) is 5.92 Å². The lowest BCUT2D eigenvalue weighted by atomic mass is 9.61. The topological polar surface area (TPSA) is 46.6 Å². The van der Waals surface area contributed by atoms with E-state index in [1.807, 2.05) is 13.0 Å². The molecule has 136 valence electrons. The van der Waals surface area contributed by atoms with Crippen molar-refractivity contribution in [3.05, 3.63) is 23.3 Å². The fourth-order valence-corrected chi connectivity index (χ4v) is 5.51. The third-order valence-corrected chi connectivity index (χ3v) is 6.92. The SMILES string of the molecule is CC1=C2C3OC(=O)C(CN4CCCC(C)C4)C3CCC2(C)C=CC1=O. The number of carbonyl (C=O) groups is 2. The Hall–Kier alpha value is -1.42. The minimum absolute atomic E-state index is 0.0406. The van der Waals surface area contributed by atoms with Gasteiger partial charge in [0.2, 0.25) is 0 Å². The molecule has 4 nitrogen and oxygen atoms in total. The largest absolute Gasteiger partial charge is 0.457 e. The maximum Gasteiger partial charge on any atom is 0.311 e. The Labute approximate surface area is 150 Å². The number of nitrogens with zero attached hydrogens (tertiary/aromatic N) is 1. The molecule has 5 atom stereocenters. The molecule has 0 N–H and O–H groups in total. The molecule has 4 heteroatoms. The minimum atomic E-state index is -0.202. The number of hydrogen-bond donors (Lipinski definition) is 0. The first-order chi connectivity index (χ1) is 11.9. The Morgan fingerprint density at radius 3 is 2.88 bits per heavy atom. The Balaban J connectivity index is 1.58. The van der Waals surface area contributed by atoms with E-state index in [1.54, 1.807) is 6.08 Å². The summed E-state index contributed by atoms with van der Waals surface area (Å²) in [5.74, 6) is 0.906. The molecule has 4 rings (SSSR count). The zero-order valence-electron chi connectivity index (χ0n) is 15.6. The van der Waals surface area contributed by atoms with Crippen molar-refractivity contribution in [3.63, 3.8) is 0 Å². The van der Waals surface area contributed by atoms with Gasteiger partial charge < -0.3 is 9.64 Å². The van der Waals surface area contributed by atoms with Gasteiger partial charge in [-0.1, -0.05) is 19.9 Å². The van der Waals surface area contributed by atoms with E-state index in [9.17, 15) is 9.59 Å². The molecule has 2 aliphatic heterocycles. The number of fused-ring (bicyclic) bond motifs is 3. The second-order valence-corrected chi connectivity index (χ2v) is 8.83. The van der Waals surface area contributed by atoms with Gasteiger partial charge in [-0.25, -0.2) is 0 Å². The van der Waals surface area contributed by atoms with Crippen molar-refractivity contribution in [2.75, 3.05) is 19.6 Å². The van der Waals surface area contributed by atoms with E-state index >= 15 is 0 Å². The van der Waals surface area contributed by atoms with Crippen LogP contribution in [0.5, 0.6) is 0 Å². The number of ether oxygens (including phenoxy) is 1. The average molecular weight is 343 g/mol. The summed E-state index contributed by atoms with van der Waals surface area (Å²) in [7, 11) is 0. The van der Waals surface area contributed by atoms with Crippen molar-refractivity contribution in [2.45, 2.75) is 52.6 Å². The first kappa shape index (κ1) is 17.0. The predicted molar refractivity (Wildman–Crippen MR) is 95.9 cm³/mol. The van der Waals surface area contributed by atoms with Gasteiger partial charge in [-0.05, 0) is 56.7 Å². The van der Waals surface area contributed by atoms with Gasteiger partial charge >= 0.3 is 5.97 Å². The maximum atomic E-state index is 12.7. The summed E-state index contributed by atoms with van der Waals surface area (Å²) in [4.78, 5) is 27.3. The summed E-state index contributed by atoms with van der Waals surface area (Å²) in [6.07, 6.45) is 8.02. The summed E-state index contributed by atoms with van der Waals surface area (Å²) in [5, 5.41) is 0. The second-order valence-electron chi connectivity index (χ2n) is 8.83. The van der Waals surface area contributed by atoms with E-state index in [2.05, 4.69) is 18.7 Å². The summed E-state index contributed by atoms with van der Waals surface area (Å²) >= 11 is 0. The highest BCUT2D eigenvalue weighted by molar-refractivity contribution is 6.05. The van der Waals surface area contributed by atoms with Gasteiger partial charge in [0.15, 0.2) is 5.78 Å². The highest BCUT2D eigenvalue weighted by Crippen LogP contribution is 2.53. The summed E-state index contributed by atoms with van der Waals surface area (Å²) in [6.45, 7) is 9.36. The minimum Gasteiger partial charge on any atom is -0.457 e. The number of carbonyl (C=O) groups excluding carboxylic acids is 2. The summed E-state index contributed by atoms with van der Waals surface area (Å²) in [5.41, 5.74) is 1.73. The van der Waals surface area contributed by atoms with Crippen molar-refractivity contribution in [1.29, 1.82) is 0 Å². The lowest BCUT2D eigenvalue weighted by molar-refractivity contribution is -0.144. The van der Waals surface area contributed by atoms with E-state index < -0.39 is 0 Å². The Morgan fingerprint density at radius 1 is 1.32 bits per heavy atom. The fourth-order valence-electron chi connectivity index (χ4n) is 5.51. The third-order valence-electron chi connectivity index (χ3n) is 6.92. The highest BCUT2D eigenvalue weighted by atomic mass is 16.6. The summed E-state index contributed by atoms with van der Waals surface area (Å²) in [6, 6.07) is 0. The molecule has 0 spiro atoms. The van der Waals surface area contributed by atoms with Crippen molar-refractivity contribution < 1.29 is 14.3 Å². The number of rotatable bonds is 2. The average Bonchev–Trinajstić information content (AvgIpc) is 2.87. The number of allylic oxidation sites excluding steroid dienone is 3. The number of ketones is 1. The molecule has 0 aromatic rings. The third kappa shape index (κ3) is 2.79. The normalized spacial score (nSPS) is 41.6. The maximum absolute atomic E-state index is 12.7. The zero-order valence-corrected chi connectivity index (χ0v) is 15.6. The first-order valence-corrected chi connectivity index (χ1v) is 9.77. The van der Waals surface area contributed by atoms with Crippen LogP contribution in [0.1, 0.15) is 46.5 Å². The van der Waals surface area contributed by atoms with Crippen LogP contribution in [0.3, 0.4) is 0 Å². The van der Waals surface area contributed by atoms with Crippen LogP contribution in [-0.2, 0) is 14.3 Å². The lowest BCUT2D eigenvalue weighted by Gasteiger charge is -2.43. The number of likely N-dealkylation sites (tertiary alicyclic amines) is 1. The van der Waals surface area contributed by atoms with E-state index in [-0.39, 0.29) is 35.1 Å². The Bertz CT molecular complexity index is 664. The molecule has 5 unspecified atom stereocenters. The molecule has 0 radical (unpaired) electrons. The molecule has 25 heavy (non-hydrogen) atoms. The van der Waals surface area contributed by atoms with Crippen LogP contribution in [0.4, 0.5) is 0 Å². The van der Waals surface area contributed by atoms with Crippen LogP contribution < -0.4 is 0 Å². The monoisotopic (exact) mass is 343 g/mol. The standard InChI is InChI=1S/C21H29NO3/c1-13-5-4-10-22(11-13)12-16-15-6-8-21(3)9-7-17(23)14(2)18(21)19(15)25-20(16)24/h7,9,13,15-16,19H,4-6,8,10-12H2,1-3H3. The fraction of sp³-hybridized carbons (Fsp3) is 0.714. The number of esters is 1. The van der Waals surface area contributed by atoms with Crippen LogP contribution in [0.15, 0.2) is 23.3 Å². The number of hydrogen-bond acceptors (Lipinski definition) is 4. The first-order valence-electron chi connectivity index (χ1n) is 9.77. The van der Waals surface area contributed by atoms with Gasteiger partial charge in [-0.15, -0.1) is 0 Å². The molecular weight excluding hydrogens is 314 g/mol. The molecule has 1 saturated carbocycles. The van der Waals surface area contributed by atoms with E-state index in [4.69, 9.17) is 4.74 Å². The highest BCUT2D eigenvalue weighted by Gasteiger charge is 2.54. The molecule has 2 saturated heterocycles. The van der Waals surface area contributed by atoms with Crippen LogP contribution in [0, 0.1) is 23.2 Å². The molecule has 4 aliphatic rings. The summed E-state index contributed by atoms with van der Waals surface area (Å²) < 4.78 is 5.89. The molecule has 0 bridgehead atoms. The molecule has 0 aromatic carbocycles. The zero-order chi connectivity index (χ0) is 17.8. The van der Waals surface area contributed by atoms with E-state index in [1.165, 1.54) is 12.8 Å². The van der Waals surface area contributed by atoms with Gasteiger partial charge in [0.05, 0.1) is 5.92 Å². The lowest BCUT2D eigenvalue weighted by Crippen LogP contribution is -2.43. The van der Waals surface area contributed by atoms with Crippen molar-refractivity contribution in [1.82, 2.24) is 4.90 Å². The van der Waals surface area contributed by atoms with Crippen molar-refractivity contribution in [3.8, 4) is 0 Å². The van der Waals surface area contributed by atoms with Gasteiger partial charge in [0, 0.05) is 30.0 Å². The van der Waals surface area contributed by atoms with Crippen LogP contribution in [0.2, 0.25) is 0 Å². The molecule has 2 aliphatic carbocycles. The Kier molecular flexibility index (Phi) is 4.14. The number of piperidine rings is 1. The molecule has 3 fully saturated rings. The van der Waals surface area contributed by atoms with Crippen LogP contribution in [-0.4, -0.2) is 42.4 Å². The molecular formula is C21H29NO3. The molecule has 2 heterocycles. The van der Waals surface area contributed by atoms with Crippen LogP contribution in [0.25, 0.3) is 0 Å². The predicted octanol–water partition coefficient (Wildman–Crippen LogP) is 3.13. The molecule has 0 amide bonds. The van der Waals surface area contributed by atoms with Gasteiger partial charge in [0.1, 0.15) is 6.10 Å². The quantitative estimate of drug-likeness (QED) is 0.723. The Morgan fingerprint density at radius 2 is 2.12 bits per heavy atom. The van der Waals surface area contributed by atoms with Gasteiger partial charge in [0.25, 0.3) is 0 Å². The van der Waals surface area contributed by atoms with Crippen molar-refractivity contribution in [2.24, 2.45) is 23.2 Å². The van der Waals surface area contributed by atoms with Crippen LogP contribution >= 0.6 is 0 Å². The smallest absolute Gasteiger partial charge is 0.311 e.